The SMILES string of the molecule is C/C=C/C(=O)N1CCC(c2cnn3c(C(N)=O)c(-c4ccc(Oc5ccccc5)cc4)[nH]c23)CC1.C=C(C)C(=O)N1CCC(c2cnn3c(C(N)=O)c(-c4ccc(Oc5ccccc5)cc4)[nH]c23)CC1. The third kappa shape index (κ3) is 9.69. The summed E-state index contributed by atoms with van der Waals surface area (Å²) in [5.41, 5.74) is 19.1. The van der Waals surface area contributed by atoms with Crippen molar-refractivity contribution in [1.82, 2.24) is 39.0 Å². The summed E-state index contributed by atoms with van der Waals surface area (Å²) in [4.78, 5) is 59.7. The van der Waals surface area contributed by atoms with Gasteiger partial charge in [-0.2, -0.15) is 10.2 Å². The summed E-state index contributed by atoms with van der Waals surface area (Å²) in [6.45, 7) is 10.0. The van der Waals surface area contributed by atoms with Gasteiger partial charge in [-0.3, -0.25) is 19.2 Å². The van der Waals surface area contributed by atoms with Crippen LogP contribution in [0.5, 0.6) is 23.0 Å². The Bertz CT molecular complexity index is 3210. The minimum Gasteiger partial charge on any atom is -0.457 e. The molecule has 4 amide bonds. The molecule has 2 aliphatic rings. The Morgan fingerprint density at radius 2 is 0.986 bits per heavy atom. The number of ether oxygens (including phenoxy) is 2. The van der Waals surface area contributed by atoms with Crippen molar-refractivity contribution >= 4 is 34.9 Å². The number of H-pyrrole nitrogens is 2. The molecule has 10 rings (SSSR count). The zero-order valence-electron chi connectivity index (χ0n) is 39.0. The van der Waals surface area contributed by atoms with E-state index in [9.17, 15) is 19.2 Å². The first kappa shape index (κ1) is 46.5. The molecule has 16 nitrogen and oxygen atoms in total. The van der Waals surface area contributed by atoms with Gasteiger partial charge < -0.3 is 40.7 Å². The lowest BCUT2D eigenvalue weighted by molar-refractivity contribution is -0.128. The van der Waals surface area contributed by atoms with Gasteiger partial charge in [0.2, 0.25) is 11.8 Å². The van der Waals surface area contributed by atoms with E-state index in [1.165, 1.54) is 0 Å². The number of carbonyl (C=O) groups is 4. The highest BCUT2D eigenvalue weighted by molar-refractivity contribution is 5.99. The molecule has 16 heteroatoms. The number of benzene rings is 4. The number of hydrogen-bond donors (Lipinski definition) is 4. The second kappa shape index (κ2) is 20.3. The molecule has 6 heterocycles. The first-order valence-corrected chi connectivity index (χ1v) is 23.3. The van der Waals surface area contributed by atoms with Gasteiger partial charge in [-0.25, -0.2) is 9.03 Å². The zero-order chi connectivity index (χ0) is 48.9. The number of carbonyl (C=O) groups excluding carboxylic acids is 4. The van der Waals surface area contributed by atoms with Crippen molar-refractivity contribution in [2.75, 3.05) is 26.2 Å². The average Bonchev–Trinajstić information content (AvgIpc) is 4.17. The molecule has 0 radical (unpaired) electrons. The number of nitrogens with one attached hydrogen (secondary N) is 2. The smallest absolute Gasteiger partial charge is 0.269 e. The zero-order valence-corrected chi connectivity index (χ0v) is 39.0. The quantitative estimate of drug-likeness (QED) is 0.0866. The van der Waals surface area contributed by atoms with E-state index in [4.69, 9.17) is 20.9 Å². The lowest BCUT2D eigenvalue weighted by Crippen LogP contribution is -2.38. The van der Waals surface area contributed by atoms with Crippen LogP contribution in [0.15, 0.2) is 146 Å². The van der Waals surface area contributed by atoms with E-state index in [1.54, 1.807) is 40.5 Å². The van der Waals surface area contributed by atoms with E-state index in [0.717, 1.165) is 70.7 Å². The number of primary amides is 2. The maximum Gasteiger partial charge on any atom is 0.269 e. The van der Waals surface area contributed by atoms with Crippen LogP contribution in [-0.4, -0.2) is 88.8 Å². The molecule has 2 saturated heterocycles. The molecule has 4 aromatic carbocycles. The number of allylic oxidation sites excluding steroid dienone is 1. The predicted molar refractivity (Wildman–Crippen MR) is 267 cm³/mol. The van der Waals surface area contributed by atoms with Crippen molar-refractivity contribution in [3.05, 3.63) is 168 Å². The number of aromatic amines is 2. The topological polar surface area (TPSA) is 211 Å². The number of piperidine rings is 2. The second-order valence-electron chi connectivity index (χ2n) is 17.5. The van der Waals surface area contributed by atoms with Gasteiger partial charge >= 0.3 is 0 Å². The first-order chi connectivity index (χ1) is 34.0. The minimum atomic E-state index is -0.563. The highest BCUT2D eigenvalue weighted by Gasteiger charge is 2.30. The Morgan fingerprint density at radius 1 is 0.600 bits per heavy atom. The fourth-order valence-electron chi connectivity index (χ4n) is 9.30. The number of amides is 4. The lowest BCUT2D eigenvalue weighted by Gasteiger charge is -2.31. The maximum absolute atomic E-state index is 12.4. The summed E-state index contributed by atoms with van der Waals surface area (Å²) in [5, 5.41) is 8.97. The van der Waals surface area contributed by atoms with Crippen LogP contribution in [0.4, 0.5) is 0 Å². The third-order valence-corrected chi connectivity index (χ3v) is 12.8. The molecule has 356 valence electrons. The fraction of sp³-hybridized carbons (Fsp3) is 0.222. The normalized spacial score (nSPS) is 14.4. The molecule has 2 fully saturated rings. The van der Waals surface area contributed by atoms with Crippen LogP contribution in [0.1, 0.15) is 83.5 Å². The Balaban J connectivity index is 0.000000174. The number of hydrogen-bond acceptors (Lipinski definition) is 8. The van der Waals surface area contributed by atoms with Crippen LogP contribution in [-0.2, 0) is 9.59 Å². The number of fused-ring (bicyclic) bond motifs is 2. The number of rotatable bonds is 12. The maximum atomic E-state index is 12.4. The summed E-state index contributed by atoms with van der Waals surface area (Å²) in [6.07, 6.45) is 10.2. The molecule has 0 bridgehead atoms. The molecule has 0 saturated carbocycles. The van der Waals surface area contributed by atoms with Crippen LogP contribution in [0.25, 0.3) is 33.8 Å². The Labute approximate surface area is 404 Å². The second-order valence-corrected chi connectivity index (χ2v) is 17.5. The van der Waals surface area contributed by atoms with Crippen molar-refractivity contribution in [2.45, 2.75) is 51.4 Å². The fourth-order valence-corrected chi connectivity index (χ4v) is 9.30. The van der Waals surface area contributed by atoms with Crippen LogP contribution in [0.3, 0.4) is 0 Å². The highest BCUT2D eigenvalue weighted by atomic mass is 16.5. The molecule has 8 aromatic rings. The molecule has 0 aliphatic carbocycles. The Morgan fingerprint density at radius 3 is 1.36 bits per heavy atom. The summed E-state index contributed by atoms with van der Waals surface area (Å²) in [5.74, 6) is 2.25. The van der Waals surface area contributed by atoms with Crippen LogP contribution >= 0.6 is 0 Å². The van der Waals surface area contributed by atoms with E-state index in [2.05, 4.69) is 26.7 Å². The van der Waals surface area contributed by atoms with Crippen molar-refractivity contribution in [3.8, 4) is 45.5 Å². The Kier molecular flexibility index (Phi) is 13.5. The number of para-hydroxylation sites is 2. The van der Waals surface area contributed by atoms with E-state index in [-0.39, 0.29) is 23.7 Å². The summed E-state index contributed by atoms with van der Waals surface area (Å²) in [7, 11) is 0. The van der Waals surface area contributed by atoms with Crippen LogP contribution < -0.4 is 20.9 Å². The Hall–Kier alpha value is -8.66. The van der Waals surface area contributed by atoms with Crippen molar-refractivity contribution in [2.24, 2.45) is 11.5 Å². The molecule has 0 spiro atoms. The highest BCUT2D eigenvalue weighted by Crippen LogP contribution is 2.36. The van der Waals surface area contributed by atoms with E-state index in [0.29, 0.717) is 66.0 Å². The summed E-state index contributed by atoms with van der Waals surface area (Å²) >= 11 is 0. The standard InChI is InChI=1S/2C27H27N5O3/c1-17(2)27(34)31-14-12-18(13-15-31)22-16-29-32-24(25(28)33)23(30-26(22)32)19-8-10-21(11-9-19)35-20-6-4-3-5-7-20;1-2-6-23(33)31-15-13-18(14-16-31)22-17-29-32-25(26(28)34)24(30-27(22)32)19-9-11-21(12-10-19)35-20-7-4-3-5-8-20/h3-11,16,18,30H,1,12-15H2,2H3,(H2,28,33);2-12,17-18,30H,13-16H2,1H3,(H2,28,34)/b;6-2+. The van der Waals surface area contributed by atoms with E-state index < -0.39 is 11.8 Å². The minimum absolute atomic E-state index is 0.00136. The van der Waals surface area contributed by atoms with Crippen molar-refractivity contribution in [3.63, 3.8) is 0 Å². The molecule has 0 unspecified atom stereocenters. The van der Waals surface area contributed by atoms with Crippen molar-refractivity contribution in [1.29, 1.82) is 0 Å². The molecule has 6 N–H and O–H groups in total. The molecule has 4 aromatic heterocycles. The van der Waals surface area contributed by atoms with Crippen molar-refractivity contribution < 1.29 is 28.7 Å². The molecular formula is C54H54N10O6. The monoisotopic (exact) mass is 938 g/mol. The summed E-state index contributed by atoms with van der Waals surface area (Å²) in [6, 6.07) is 34.1. The first-order valence-electron chi connectivity index (χ1n) is 23.3. The van der Waals surface area contributed by atoms with Gasteiger partial charge in [-0.05, 0) is 130 Å². The number of nitrogens with two attached hydrogens (primary N) is 2. The van der Waals surface area contributed by atoms with E-state index >= 15 is 0 Å². The van der Waals surface area contributed by atoms with Crippen LogP contribution in [0, 0.1) is 0 Å². The van der Waals surface area contributed by atoms with Gasteiger partial charge in [-0.1, -0.05) is 49.1 Å². The van der Waals surface area contributed by atoms with Gasteiger partial charge in [0.05, 0.1) is 23.8 Å². The number of likely N-dealkylation sites (tertiary alicyclic amines) is 2. The third-order valence-electron chi connectivity index (χ3n) is 12.8. The van der Waals surface area contributed by atoms with Gasteiger partial charge in [0.25, 0.3) is 11.8 Å². The molecule has 2 aliphatic heterocycles. The van der Waals surface area contributed by atoms with Gasteiger partial charge in [0, 0.05) is 54.0 Å². The number of imidazole rings is 2. The summed E-state index contributed by atoms with van der Waals surface area (Å²) < 4.78 is 14.9. The van der Waals surface area contributed by atoms with Gasteiger partial charge in [-0.15, -0.1) is 0 Å². The number of nitrogens with zero attached hydrogens (tertiary/aromatic N) is 6. The van der Waals surface area contributed by atoms with Crippen LogP contribution in [0.2, 0.25) is 0 Å². The van der Waals surface area contributed by atoms with Gasteiger partial charge in [0.1, 0.15) is 34.3 Å². The molecular weight excluding hydrogens is 885 g/mol. The largest absolute Gasteiger partial charge is 0.457 e. The lowest BCUT2D eigenvalue weighted by atomic mass is 9.91. The predicted octanol–water partition coefficient (Wildman–Crippen LogP) is 9.01. The van der Waals surface area contributed by atoms with E-state index in [1.807, 2.05) is 126 Å². The molecule has 0 atom stereocenters. The average molecular weight is 939 g/mol. The van der Waals surface area contributed by atoms with Gasteiger partial charge in [0.15, 0.2) is 11.4 Å². The number of aromatic nitrogens is 6. The molecule has 70 heavy (non-hydrogen) atoms.